The van der Waals surface area contributed by atoms with Crippen LogP contribution in [-0.4, -0.2) is 42.3 Å². The summed E-state index contributed by atoms with van der Waals surface area (Å²) < 4.78 is 39.2. The second-order valence-corrected chi connectivity index (χ2v) is 9.34. The normalized spacial score (nSPS) is 16.8. The standard InChI is InChI=1S/C27H25BrF2N2O4/c28-21-7-2-18(3-8-21)15-27(26(34)31-16-19-4-11-23(29)24(30)14-19)17-36-25(32-27)20-5-9-22(10-6-20)35-13-1-12-33/h2-11,14,33H,1,12-13,15-17H2,(H,31,34)/t27-/m1/s1. The molecule has 1 aliphatic heterocycles. The van der Waals surface area contributed by atoms with Gasteiger partial charge in [-0.05, 0) is 59.7 Å². The van der Waals surface area contributed by atoms with E-state index in [0.29, 0.717) is 35.8 Å². The van der Waals surface area contributed by atoms with Gasteiger partial charge in [-0.3, -0.25) is 4.79 Å². The zero-order valence-corrected chi connectivity index (χ0v) is 20.9. The van der Waals surface area contributed by atoms with Crippen molar-refractivity contribution in [3.8, 4) is 5.75 Å². The van der Waals surface area contributed by atoms with Crippen LogP contribution < -0.4 is 10.1 Å². The Hall–Kier alpha value is -3.30. The van der Waals surface area contributed by atoms with Crippen molar-refractivity contribution in [3.05, 3.63) is 99.5 Å². The summed E-state index contributed by atoms with van der Waals surface area (Å²) in [5.74, 6) is -1.32. The number of carbonyl (C=O) groups excluding carboxylic acids is 1. The van der Waals surface area contributed by atoms with Gasteiger partial charge in [-0.25, -0.2) is 13.8 Å². The van der Waals surface area contributed by atoms with Crippen LogP contribution in [0.4, 0.5) is 8.78 Å². The summed E-state index contributed by atoms with van der Waals surface area (Å²) >= 11 is 3.42. The van der Waals surface area contributed by atoms with Crippen molar-refractivity contribution in [2.75, 3.05) is 19.8 Å². The molecule has 3 aromatic rings. The lowest BCUT2D eigenvalue weighted by molar-refractivity contribution is -0.126. The first-order valence-corrected chi connectivity index (χ1v) is 12.2. The van der Waals surface area contributed by atoms with Crippen molar-refractivity contribution in [2.45, 2.75) is 24.9 Å². The number of nitrogens with one attached hydrogen (secondary N) is 1. The summed E-state index contributed by atoms with van der Waals surface area (Å²) in [7, 11) is 0. The van der Waals surface area contributed by atoms with Crippen molar-refractivity contribution in [1.82, 2.24) is 5.32 Å². The molecule has 1 aliphatic rings. The largest absolute Gasteiger partial charge is 0.494 e. The molecule has 1 atom stereocenters. The highest BCUT2D eigenvalue weighted by molar-refractivity contribution is 9.10. The molecular weight excluding hydrogens is 534 g/mol. The maximum atomic E-state index is 13.6. The Morgan fingerprint density at radius 3 is 2.47 bits per heavy atom. The Balaban J connectivity index is 1.55. The first kappa shape index (κ1) is 25.8. The van der Waals surface area contributed by atoms with Crippen LogP contribution in [0.3, 0.4) is 0 Å². The molecular formula is C27H25BrF2N2O4. The van der Waals surface area contributed by atoms with E-state index in [4.69, 9.17) is 19.6 Å². The molecule has 6 nitrogen and oxygen atoms in total. The van der Waals surface area contributed by atoms with Crippen LogP contribution in [0, 0.1) is 11.6 Å². The van der Waals surface area contributed by atoms with Gasteiger partial charge in [0.1, 0.15) is 12.4 Å². The zero-order chi connectivity index (χ0) is 25.5. The van der Waals surface area contributed by atoms with E-state index in [0.717, 1.165) is 22.2 Å². The summed E-state index contributed by atoms with van der Waals surface area (Å²) in [5, 5.41) is 11.7. The molecule has 1 amide bonds. The number of hydrogen-bond donors (Lipinski definition) is 2. The number of ether oxygens (including phenoxy) is 2. The molecule has 9 heteroatoms. The first-order valence-electron chi connectivity index (χ1n) is 11.4. The highest BCUT2D eigenvalue weighted by Gasteiger charge is 2.44. The van der Waals surface area contributed by atoms with Gasteiger partial charge in [-0.2, -0.15) is 0 Å². The Labute approximate surface area is 216 Å². The molecule has 0 aliphatic carbocycles. The van der Waals surface area contributed by atoms with E-state index in [9.17, 15) is 13.6 Å². The maximum absolute atomic E-state index is 13.6. The number of aliphatic hydroxyl groups is 1. The minimum absolute atomic E-state index is 0.0167. The predicted octanol–water partition coefficient (Wildman–Crippen LogP) is 4.56. The van der Waals surface area contributed by atoms with E-state index < -0.39 is 17.2 Å². The number of aliphatic imine (C=N–C) groups is 1. The molecule has 188 valence electrons. The second-order valence-electron chi connectivity index (χ2n) is 8.42. The third-order valence-electron chi connectivity index (χ3n) is 5.71. The average molecular weight is 559 g/mol. The summed E-state index contributed by atoms with van der Waals surface area (Å²) in [5.41, 5.74) is 0.775. The van der Waals surface area contributed by atoms with Crippen LogP contribution in [0.5, 0.6) is 5.75 Å². The summed E-state index contributed by atoms with van der Waals surface area (Å²) in [6.45, 7) is 0.503. The van der Waals surface area contributed by atoms with Crippen LogP contribution in [-0.2, 0) is 22.5 Å². The molecule has 3 aromatic carbocycles. The lowest BCUT2D eigenvalue weighted by Gasteiger charge is -2.23. The number of carbonyl (C=O) groups is 1. The van der Waals surface area contributed by atoms with Gasteiger partial charge in [0.25, 0.3) is 5.91 Å². The minimum Gasteiger partial charge on any atom is -0.494 e. The maximum Gasteiger partial charge on any atom is 0.252 e. The van der Waals surface area contributed by atoms with Crippen LogP contribution in [0.2, 0.25) is 0 Å². The van der Waals surface area contributed by atoms with Gasteiger partial charge in [0.2, 0.25) is 5.90 Å². The van der Waals surface area contributed by atoms with Gasteiger partial charge < -0.3 is 19.9 Å². The fourth-order valence-corrected chi connectivity index (χ4v) is 4.03. The number of rotatable bonds is 10. The Kier molecular flexibility index (Phi) is 8.32. The number of benzene rings is 3. The van der Waals surface area contributed by atoms with E-state index in [1.54, 1.807) is 24.3 Å². The van der Waals surface area contributed by atoms with Gasteiger partial charge in [-0.1, -0.05) is 34.1 Å². The summed E-state index contributed by atoms with van der Waals surface area (Å²) in [4.78, 5) is 18.1. The van der Waals surface area contributed by atoms with Gasteiger partial charge in [0.15, 0.2) is 17.2 Å². The SMILES string of the molecule is O=C(NCc1ccc(F)c(F)c1)[C@@]1(Cc2ccc(Br)cc2)COC(c2ccc(OCCCO)cc2)=N1. The van der Waals surface area contributed by atoms with Crippen LogP contribution in [0.25, 0.3) is 0 Å². The lowest BCUT2D eigenvalue weighted by Crippen LogP contribution is -2.48. The van der Waals surface area contributed by atoms with Crippen molar-refractivity contribution < 1.29 is 28.2 Å². The van der Waals surface area contributed by atoms with Crippen molar-refractivity contribution >= 4 is 27.7 Å². The van der Waals surface area contributed by atoms with E-state index in [-0.39, 0.29) is 32.1 Å². The second kappa shape index (κ2) is 11.6. The average Bonchev–Trinajstić information content (AvgIpc) is 3.32. The fourth-order valence-electron chi connectivity index (χ4n) is 3.77. The third-order valence-corrected chi connectivity index (χ3v) is 6.23. The molecule has 0 saturated heterocycles. The third kappa shape index (κ3) is 6.27. The number of aliphatic hydroxyl groups excluding tert-OH is 1. The summed E-state index contributed by atoms with van der Waals surface area (Å²) in [6.07, 6.45) is 0.825. The van der Waals surface area contributed by atoms with Crippen molar-refractivity contribution in [2.24, 2.45) is 4.99 Å². The topological polar surface area (TPSA) is 80.2 Å². The van der Waals surface area contributed by atoms with Gasteiger partial charge >= 0.3 is 0 Å². The first-order chi connectivity index (χ1) is 17.4. The van der Waals surface area contributed by atoms with Gasteiger partial charge in [0.05, 0.1) is 6.61 Å². The van der Waals surface area contributed by atoms with Crippen molar-refractivity contribution in [1.29, 1.82) is 0 Å². The molecule has 36 heavy (non-hydrogen) atoms. The highest BCUT2D eigenvalue weighted by Crippen LogP contribution is 2.28. The number of hydrogen-bond acceptors (Lipinski definition) is 5. The number of halogens is 3. The Morgan fingerprint density at radius 1 is 1.06 bits per heavy atom. The van der Waals surface area contributed by atoms with Gasteiger partial charge in [0, 0.05) is 36.0 Å². The molecule has 0 saturated carbocycles. The van der Waals surface area contributed by atoms with Crippen molar-refractivity contribution in [3.63, 3.8) is 0 Å². The highest BCUT2D eigenvalue weighted by atomic mass is 79.9. The molecule has 0 spiro atoms. The number of amides is 1. The quantitative estimate of drug-likeness (QED) is 0.357. The van der Waals surface area contributed by atoms with E-state index in [1.807, 2.05) is 24.3 Å². The smallest absolute Gasteiger partial charge is 0.252 e. The molecule has 0 radical (unpaired) electrons. The van der Waals surface area contributed by atoms with E-state index >= 15 is 0 Å². The monoisotopic (exact) mass is 558 g/mol. The molecule has 0 unspecified atom stereocenters. The molecule has 2 N–H and O–H groups in total. The fraction of sp³-hybridized carbons (Fsp3) is 0.259. The van der Waals surface area contributed by atoms with E-state index in [1.165, 1.54) is 6.07 Å². The van der Waals surface area contributed by atoms with Gasteiger partial charge in [-0.15, -0.1) is 0 Å². The molecule has 0 fully saturated rings. The minimum atomic E-state index is -1.24. The van der Waals surface area contributed by atoms with E-state index in [2.05, 4.69) is 21.2 Å². The van der Waals surface area contributed by atoms with Crippen LogP contribution in [0.1, 0.15) is 23.1 Å². The Bertz CT molecular complexity index is 1240. The number of nitrogens with zero attached hydrogens (tertiary/aromatic N) is 1. The van der Waals surface area contributed by atoms with Crippen LogP contribution >= 0.6 is 15.9 Å². The molecule has 4 rings (SSSR count). The molecule has 1 heterocycles. The van der Waals surface area contributed by atoms with Crippen LogP contribution in [0.15, 0.2) is 76.2 Å². The Morgan fingerprint density at radius 2 is 1.78 bits per heavy atom. The molecule has 0 aromatic heterocycles. The molecule has 0 bridgehead atoms. The lowest BCUT2D eigenvalue weighted by atomic mass is 9.91. The summed E-state index contributed by atoms with van der Waals surface area (Å²) in [6, 6.07) is 18.2. The zero-order valence-electron chi connectivity index (χ0n) is 19.3. The predicted molar refractivity (Wildman–Crippen MR) is 135 cm³/mol.